The Morgan fingerprint density at radius 2 is 2.25 bits per heavy atom. The molecule has 0 bridgehead atoms. The first-order valence-electron chi connectivity index (χ1n) is 5.10. The quantitative estimate of drug-likeness (QED) is 0.568. The molecule has 0 unspecified atom stereocenters. The van der Waals surface area contributed by atoms with Crippen molar-refractivity contribution in [3.05, 3.63) is 28.2 Å². The number of nitrogens with two attached hydrogens (primary N) is 1. The van der Waals surface area contributed by atoms with Gasteiger partial charge in [-0.15, -0.1) is 0 Å². The lowest BCUT2D eigenvalue weighted by Crippen LogP contribution is -2.29. The Labute approximate surface area is 104 Å². The molecule has 16 heavy (non-hydrogen) atoms. The second-order valence-corrected chi connectivity index (χ2v) is 4.29. The third-order valence-corrected chi connectivity index (χ3v) is 2.84. The minimum Gasteiger partial charge on any atom is -0.395 e. The molecule has 88 valence electrons. The number of hydrogen-bond donors (Lipinski definition) is 3. The topological polar surface area (TPSA) is 73.3 Å². The number of rotatable bonds is 5. The van der Waals surface area contributed by atoms with Crippen LogP contribution < -0.4 is 10.6 Å². The molecule has 0 fully saturated rings. The van der Waals surface area contributed by atoms with Crippen LogP contribution >= 0.6 is 15.9 Å². The molecular weight excluding hydrogens is 270 g/mol. The monoisotopic (exact) mass is 285 g/mol. The van der Waals surface area contributed by atoms with Gasteiger partial charge in [-0.3, -0.25) is 5.41 Å². The fourth-order valence-electron chi connectivity index (χ4n) is 1.56. The molecule has 1 aromatic carbocycles. The highest BCUT2D eigenvalue weighted by atomic mass is 79.9. The van der Waals surface area contributed by atoms with Crippen LogP contribution in [-0.4, -0.2) is 30.6 Å². The third-order valence-electron chi connectivity index (χ3n) is 2.34. The van der Waals surface area contributed by atoms with Crippen LogP contribution in [0.3, 0.4) is 0 Å². The zero-order valence-corrected chi connectivity index (χ0v) is 10.8. The number of nitrogens with one attached hydrogen (secondary N) is 1. The third kappa shape index (κ3) is 2.96. The Morgan fingerprint density at radius 1 is 1.56 bits per heavy atom. The molecule has 4 nitrogen and oxygen atoms in total. The largest absolute Gasteiger partial charge is 0.395 e. The van der Waals surface area contributed by atoms with Gasteiger partial charge in [-0.1, -0.05) is 15.9 Å². The van der Waals surface area contributed by atoms with Gasteiger partial charge in [-0.05, 0) is 25.1 Å². The molecule has 4 N–H and O–H groups in total. The summed E-state index contributed by atoms with van der Waals surface area (Å²) in [6.07, 6.45) is 0. The zero-order chi connectivity index (χ0) is 12.1. The molecule has 0 aromatic heterocycles. The van der Waals surface area contributed by atoms with E-state index in [1.54, 1.807) is 0 Å². The highest BCUT2D eigenvalue weighted by Gasteiger charge is 2.11. The number of amidine groups is 1. The molecule has 0 saturated heterocycles. The molecule has 0 aliphatic rings. The molecule has 0 aliphatic carbocycles. The maximum Gasteiger partial charge on any atom is 0.124 e. The smallest absolute Gasteiger partial charge is 0.124 e. The Morgan fingerprint density at radius 3 is 2.75 bits per heavy atom. The first-order chi connectivity index (χ1) is 7.60. The zero-order valence-electron chi connectivity index (χ0n) is 9.20. The van der Waals surface area contributed by atoms with E-state index in [0.29, 0.717) is 12.1 Å². The van der Waals surface area contributed by atoms with Crippen molar-refractivity contribution in [2.24, 2.45) is 5.73 Å². The number of nitrogens with zero attached hydrogens (tertiary/aromatic N) is 1. The highest BCUT2D eigenvalue weighted by molar-refractivity contribution is 9.10. The van der Waals surface area contributed by atoms with Crippen molar-refractivity contribution < 1.29 is 5.11 Å². The van der Waals surface area contributed by atoms with Crippen LogP contribution in [0.25, 0.3) is 0 Å². The standard InChI is InChI=1S/C11H16BrN3O/c1-2-15(5-6-16)10-7-8(12)3-4-9(10)11(13)14/h3-4,7,16H,2,5-6H2,1H3,(H3,13,14). The molecular formula is C11H16BrN3O. The fraction of sp³-hybridized carbons (Fsp3) is 0.364. The molecule has 0 amide bonds. The van der Waals surface area contributed by atoms with E-state index in [1.807, 2.05) is 30.0 Å². The summed E-state index contributed by atoms with van der Waals surface area (Å²) in [7, 11) is 0. The van der Waals surface area contributed by atoms with Crippen LogP contribution in [0.5, 0.6) is 0 Å². The van der Waals surface area contributed by atoms with Crippen molar-refractivity contribution in [3.63, 3.8) is 0 Å². The predicted molar refractivity (Wildman–Crippen MR) is 70.1 cm³/mol. The van der Waals surface area contributed by atoms with Gasteiger partial charge in [-0.2, -0.15) is 0 Å². The summed E-state index contributed by atoms with van der Waals surface area (Å²) in [6, 6.07) is 5.57. The average Bonchev–Trinajstić information content (AvgIpc) is 2.25. The van der Waals surface area contributed by atoms with Crippen molar-refractivity contribution in [2.45, 2.75) is 6.92 Å². The first-order valence-corrected chi connectivity index (χ1v) is 5.89. The van der Waals surface area contributed by atoms with Crippen LogP contribution in [0.1, 0.15) is 12.5 Å². The number of hydrogen-bond acceptors (Lipinski definition) is 3. The van der Waals surface area contributed by atoms with Gasteiger partial charge in [-0.25, -0.2) is 0 Å². The van der Waals surface area contributed by atoms with Gasteiger partial charge in [0.1, 0.15) is 5.84 Å². The molecule has 1 aromatic rings. The summed E-state index contributed by atoms with van der Waals surface area (Å²) in [6.45, 7) is 3.38. The van der Waals surface area contributed by atoms with Crippen LogP contribution in [0.15, 0.2) is 22.7 Å². The molecule has 0 atom stereocenters. The lowest BCUT2D eigenvalue weighted by molar-refractivity contribution is 0.302. The Bertz CT molecular complexity index is 381. The normalized spacial score (nSPS) is 10.2. The summed E-state index contributed by atoms with van der Waals surface area (Å²) >= 11 is 3.39. The van der Waals surface area contributed by atoms with Gasteiger partial charge < -0.3 is 15.7 Å². The van der Waals surface area contributed by atoms with Gasteiger partial charge in [0.25, 0.3) is 0 Å². The van der Waals surface area contributed by atoms with E-state index in [-0.39, 0.29) is 12.4 Å². The molecule has 0 radical (unpaired) electrons. The number of nitrogen functional groups attached to an aromatic ring is 1. The molecule has 0 aliphatic heterocycles. The van der Waals surface area contributed by atoms with Crippen molar-refractivity contribution in [1.29, 1.82) is 5.41 Å². The van der Waals surface area contributed by atoms with E-state index in [0.717, 1.165) is 16.7 Å². The van der Waals surface area contributed by atoms with Crippen LogP contribution in [0.2, 0.25) is 0 Å². The SMILES string of the molecule is CCN(CCO)c1cc(Br)ccc1C(=N)N. The van der Waals surface area contributed by atoms with Crippen molar-refractivity contribution >= 4 is 27.5 Å². The van der Waals surface area contributed by atoms with Crippen molar-refractivity contribution in [1.82, 2.24) is 0 Å². The number of benzene rings is 1. The number of aliphatic hydroxyl groups is 1. The van der Waals surface area contributed by atoms with Crippen LogP contribution in [0.4, 0.5) is 5.69 Å². The van der Waals surface area contributed by atoms with Gasteiger partial charge in [0.15, 0.2) is 0 Å². The second-order valence-electron chi connectivity index (χ2n) is 3.38. The molecule has 0 spiro atoms. The maximum absolute atomic E-state index is 8.99. The van der Waals surface area contributed by atoms with Crippen LogP contribution in [-0.2, 0) is 0 Å². The minimum atomic E-state index is 0.0406. The number of likely N-dealkylation sites (N-methyl/N-ethyl adjacent to an activating group) is 1. The summed E-state index contributed by atoms with van der Waals surface area (Å²) in [5.74, 6) is 0.0406. The molecule has 1 rings (SSSR count). The van der Waals surface area contributed by atoms with Crippen molar-refractivity contribution in [2.75, 3.05) is 24.6 Å². The predicted octanol–water partition coefficient (Wildman–Crippen LogP) is 1.55. The Hall–Kier alpha value is -1.07. The van der Waals surface area contributed by atoms with E-state index in [1.165, 1.54) is 0 Å². The van der Waals surface area contributed by atoms with Crippen molar-refractivity contribution in [3.8, 4) is 0 Å². The fourth-order valence-corrected chi connectivity index (χ4v) is 1.91. The number of halogens is 1. The van der Waals surface area contributed by atoms with E-state index in [4.69, 9.17) is 16.2 Å². The summed E-state index contributed by atoms with van der Waals surface area (Å²) in [4.78, 5) is 1.99. The average molecular weight is 286 g/mol. The molecule has 0 saturated carbocycles. The molecule has 0 heterocycles. The maximum atomic E-state index is 8.99. The summed E-state index contributed by atoms with van der Waals surface area (Å²) in [5, 5.41) is 16.5. The summed E-state index contributed by atoms with van der Waals surface area (Å²) < 4.78 is 0.934. The van der Waals surface area contributed by atoms with Gasteiger partial charge in [0.2, 0.25) is 0 Å². The first kappa shape index (κ1) is 13.0. The minimum absolute atomic E-state index is 0.0406. The Kier molecular flexibility index (Phi) is 4.76. The van der Waals surface area contributed by atoms with E-state index < -0.39 is 0 Å². The lowest BCUT2D eigenvalue weighted by atomic mass is 10.1. The van der Waals surface area contributed by atoms with Gasteiger partial charge in [0.05, 0.1) is 6.61 Å². The van der Waals surface area contributed by atoms with Gasteiger partial charge >= 0.3 is 0 Å². The molecule has 5 heteroatoms. The van der Waals surface area contributed by atoms with Crippen LogP contribution in [0, 0.1) is 5.41 Å². The summed E-state index contributed by atoms with van der Waals surface area (Å²) in [5.41, 5.74) is 7.10. The lowest BCUT2D eigenvalue weighted by Gasteiger charge is -2.24. The van der Waals surface area contributed by atoms with E-state index in [9.17, 15) is 0 Å². The Balaban J connectivity index is 3.16. The second kappa shape index (κ2) is 5.86. The van der Waals surface area contributed by atoms with Gasteiger partial charge in [0, 0.05) is 28.8 Å². The van der Waals surface area contributed by atoms with E-state index >= 15 is 0 Å². The number of aliphatic hydroxyl groups excluding tert-OH is 1. The number of anilines is 1. The van der Waals surface area contributed by atoms with E-state index in [2.05, 4.69) is 15.9 Å². The highest BCUT2D eigenvalue weighted by Crippen LogP contribution is 2.24.